The van der Waals surface area contributed by atoms with E-state index in [1.165, 1.54) is 6.07 Å². The molecule has 0 unspecified atom stereocenters. The maximum absolute atomic E-state index is 13.1. The summed E-state index contributed by atoms with van der Waals surface area (Å²) in [6.07, 6.45) is -4.51. The lowest BCUT2D eigenvalue weighted by Crippen LogP contribution is -2.43. The van der Waals surface area contributed by atoms with Crippen molar-refractivity contribution in [3.8, 4) is 0 Å². The van der Waals surface area contributed by atoms with Crippen molar-refractivity contribution < 1.29 is 22.8 Å². The van der Waals surface area contributed by atoms with E-state index in [9.17, 15) is 22.8 Å². The zero-order chi connectivity index (χ0) is 22.2. The number of carbonyl (C=O) groups excluding carboxylic acids is 2. The number of hydrogen-bond acceptors (Lipinski definition) is 4. The monoisotopic (exact) mass is 416 g/mol. The lowest BCUT2D eigenvalue weighted by molar-refractivity contribution is -0.137. The Kier molecular flexibility index (Phi) is 9.42. The molecule has 0 aliphatic carbocycles. The van der Waals surface area contributed by atoms with Crippen LogP contribution in [-0.4, -0.2) is 55.5 Å². The number of anilines is 2. The molecule has 0 bridgehead atoms. The van der Waals surface area contributed by atoms with Crippen molar-refractivity contribution in [3.05, 3.63) is 23.8 Å². The third kappa shape index (κ3) is 7.92. The Hall–Kier alpha value is -2.29. The van der Waals surface area contributed by atoms with E-state index in [1.807, 2.05) is 39.5 Å². The van der Waals surface area contributed by atoms with Gasteiger partial charge in [-0.05, 0) is 52.4 Å². The summed E-state index contributed by atoms with van der Waals surface area (Å²) in [6.45, 7) is 10.8. The average Bonchev–Trinajstić information content (AvgIpc) is 2.61. The van der Waals surface area contributed by atoms with Crippen molar-refractivity contribution in [2.45, 2.75) is 46.8 Å². The molecule has 0 aromatic heterocycles. The van der Waals surface area contributed by atoms with Crippen molar-refractivity contribution >= 4 is 23.2 Å². The molecule has 0 atom stereocenters. The van der Waals surface area contributed by atoms with Crippen molar-refractivity contribution in [2.24, 2.45) is 0 Å². The molecule has 0 radical (unpaired) electrons. The number of alkyl halides is 3. The van der Waals surface area contributed by atoms with E-state index in [4.69, 9.17) is 0 Å². The van der Waals surface area contributed by atoms with E-state index in [0.29, 0.717) is 25.3 Å². The highest BCUT2D eigenvalue weighted by Gasteiger charge is 2.31. The fourth-order valence-electron chi connectivity index (χ4n) is 2.90. The van der Waals surface area contributed by atoms with Crippen LogP contribution in [0.3, 0.4) is 0 Å². The normalized spacial score (nSPS) is 11.7. The minimum absolute atomic E-state index is 0.0169. The maximum Gasteiger partial charge on any atom is 0.416 e. The summed E-state index contributed by atoms with van der Waals surface area (Å²) in [6, 6.07) is 3.32. The molecule has 0 saturated heterocycles. The first-order valence-corrected chi connectivity index (χ1v) is 9.79. The second-order valence-electron chi connectivity index (χ2n) is 6.98. The van der Waals surface area contributed by atoms with Gasteiger partial charge in [-0.3, -0.25) is 14.5 Å². The van der Waals surface area contributed by atoms with E-state index in [-0.39, 0.29) is 30.7 Å². The van der Waals surface area contributed by atoms with Crippen molar-refractivity contribution in [1.29, 1.82) is 0 Å². The number of hydrogen-bond donors (Lipinski definition) is 2. The largest absolute Gasteiger partial charge is 0.416 e. The third-order valence-corrected chi connectivity index (χ3v) is 4.33. The third-order valence-electron chi connectivity index (χ3n) is 4.33. The minimum atomic E-state index is -4.51. The van der Waals surface area contributed by atoms with E-state index in [0.717, 1.165) is 12.1 Å². The van der Waals surface area contributed by atoms with Crippen molar-refractivity contribution in [2.75, 3.05) is 42.9 Å². The second-order valence-corrected chi connectivity index (χ2v) is 6.98. The molecule has 1 aromatic carbocycles. The van der Waals surface area contributed by atoms with Crippen LogP contribution in [0.25, 0.3) is 0 Å². The van der Waals surface area contributed by atoms with E-state index >= 15 is 0 Å². The summed E-state index contributed by atoms with van der Waals surface area (Å²) in [4.78, 5) is 27.9. The zero-order valence-corrected chi connectivity index (χ0v) is 17.7. The van der Waals surface area contributed by atoms with Crippen LogP contribution < -0.4 is 15.5 Å². The molecule has 6 nitrogen and oxygen atoms in total. The quantitative estimate of drug-likeness (QED) is 0.614. The Bertz CT molecular complexity index is 689. The first-order chi connectivity index (χ1) is 13.5. The number of halogens is 3. The van der Waals surface area contributed by atoms with E-state index in [2.05, 4.69) is 10.6 Å². The molecule has 2 N–H and O–H groups in total. The van der Waals surface area contributed by atoms with Gasteiger partial charge in [0.05, 0.1) is 30.0 Å². The number of carbonyl (C=O) groups is 2. The molecular weight excluding hydrogens is 385 g/mol. The van der Waals surface area contributed by atoms with Crippen LogP contribution in [0.1, 0.15) is 40.2 Å². The number of benzene rings is 1. The molecule has 0 saturated carbocycles. The van der Waals surface area contributed by atoms with Gasteiger partial charge in [-0.25, -0.2) is 0 Å². The van der Waals surface area contributed by atoms with Gasteiger partial charge in [0.15, 0.2) is 0 Å². The fourth-order valence-corrected chi connectivity index (χ4v) is 2.90. The van der Waals surface area contributed by atoms with Gasteiger partial charge < -0.3 is 15.5 Å². The van der Waals surface area contributed by atoms with Crippen molar-refractivity contribution in [1.82, 2.24) is 10.2 Å². The summed E-state index contributed by atoms with van der Waals surface area (Å²) in [5.74, 6) is -0.686. The molecule has 0 aliphatic heterocycles. The topological polar surface area (TPSA) is 64.7 Å². The van der Waals surface area contributed by atoms with Crippen LogP contribution in [-0.2, 0) is 15.8 Å². The van der Waals surface area contributed by atoms with Crippen LogP contribution in [0.2, 0.25) is 0 Å². The van der Waals surface area contributed by atoms with Crippen molar-refractivity contribution in [3.63, 3.8) is 0 Å². The number of nitrogens with zero attached hydrogens (tertiary/aromatic N) is 2. The van der Waals surface area contributed by atoms with Gasteiger partial charge >= 0.3 is 6.18 Å². The van der Waals surface area contributed by atoms with Gasteiger partial charge in [-0.1, -0.05) is 6.92 Å². The molecule has 0 aliphatic rings. The molecular formula is C20H31F3N4O2. The number of amides is 2. The molecule has 164 valence electrons. The Balaban J connectivity index is 3.00. The highest BCUT2D eigenvalue weighted by atomic mass is 19.4. The highest BCUT2D eigenvalue weighted by molar-refractivity contribution is 5.96. The minimum Gasteiger partial charge on any atom is -0.370 e. The number of nitrogens with one attached hydrogen (secondary N) is 2. The Labute approximate surface area is 170 Å². The predicted molar refractivity (Wildman–Crippen MR) is 109 cm³/mol. The van der Waals surface area contributed by atoms with Crippen LogP contribution in [0.15, 0.2) is 18.2 Å². The number of likely N-dealkylation sites (N-methyl/N-ethyl adjacent to an activating group) is 1. The molecule has 29 heavy (non-hydrogen) atoms. The lowest BCUT2D eigenvalue weighted by atomic mass is 10.1. The van der Waals surface area contributed by atoms with Crippen LogP contribution in [0, 0.1) is 0 Å². The molecule has 0 fully saturated rings. The van der Waals surface area contributed by atoms with Gasteiger partial charge in [0.2, 0.25) is 11.8 Å². The summed E-state index contributed by atoms with van der Waals surface area (Å²) in [5.41, 5.74) is -0.194. The second kappa shape index (κ2) is 11.0. The fraction of sp³-hybridized carbons (Fsp3) is 0.600. The molecule has 2 amide bonds. The van der Waals surface area contributed by atoms with Gasteiger partial charge in [0.1, 0.15) is 0 Å². The first-order valence-electron chi connectivity index (χ1n) is 9.79. The summed E-state index contributed by atoms with van der Waals surface area (Å²) < 4.78 is 39.4. The standard InChI is InChI=1S/C20H31F3N4O2/c1-6-26(12-18(28)24-14(4)5)13-19(29)25-16-11-15(20(21,22)23)9-10-17(16)27(7-2)8-3/h9-11,14H,6-8,12-13H2,1-5H3,(H,24,28)(H,25,29). The molecule has 1 aromatic rings. The maximum atomic E-state index is 13.1. The van der Waals surface area contributed by atoms with Gasteiger partial charge in [0.25, 0.3) is 0 Å². The van der Waals surface area contributed by atoms with Crippen LogP contribution >= 0.6 is 0 Å². The van der Waals surface area contributed by atoms with Gasteiger partial charge in [-0.15, -0.1) is 0 Å². The first kappa shape index (κ1) is 24.7. The van der Waals surface area contributed by atoms with Gasteiger partial charge in [0, 0.05) is 19.1 Å². The Morgan fingerprint density at radius 3 is 2.07 bits per heavy atom. The number of rotatable bonds is 10. The SMILES string of the molecule is CCN(CC(=O)Nc1cc(C(F)(F)F)ccc1N(CC)CC)CC(=O)NC(C)C. The Morgan fingerprint density at radius 2 is 1.59 bits per heavy atom. The summed E-state index contributed by atoms with van der Waals surface area (Å²) in [5, 5.41) is 5.35. The molecule has 9 heteroatoms. The lowest BCUT2D eigenvalue weighted by Gasteiger charge is -2.26. The summed E-state index contributed by atoms with van der Waals surface area (Å²) in [7, 11) is 0. The van der Waals surface area contributed by atoms with Crippen LogP contribution in [0.5, 0.6) is 0 Å². The molecule has 1 rings (SSSR count). The van der Waals surface area contributed by atoms with E-state index < -0.39 is 17.6 Å². The van der Waals surface area contributed by atoms with E-state index in [1.54, 1.807) is 4.90 Å². The predicted octanol–water partition coefficient (Wildman–Crippen LogP) is 3.34. The summed E-state index contributed by atoms with van der Waals surface area (Å²) >= 11 is 0. The van der Waals surface area contributed by atoms with Gasteiger partial charge in [-0.2, -0.15) is 13.2 Å². The highest BCUT2D eigenvalue weighted by Crippen LogP contribution is 2.35. The Morgan fingerprint density at radius 1 is 1.00 bits per heavy atom. The van der Waals surface area contributed by atoms with Crippen LogP contribution in [0.4, 0.5) is 24.5 Å². The zero-order valence-electron chi connectivity index (χ0n) is 17.7. The molecule has 0 heterocycles. The molecule has 0 spiro atoms. The smallest absolute Gasteiger partial charge is 0.370 e. The average molecular weight is 416 g/mol.